The Morgan fingerprint density at radius 1 is 1.10 bits per heavy atom. The van der Waals surface area contributed by atoms with Gasteiger partial charge in [0.2, 0.25) is 0 Å². The van der Waals surface area contributed by atoms with E-state index in [2.05, 4.69) is 18.4 Å². The first-order valence-electron chi connectivity index (χ1n) is 15.6. The molecule has 6 nitrogen and oxygen atoms in total. The number of aliphatic hydroxyl groups is 1. The molecule has 5 rings (SSSR count). The van der Waals surface area contributed by atoms with Gasteiger partial charge in [-0.1, -0.05) is 83.3 Å². The number of unbranched alkanes of at least 4 members (excludes halogenated alkanes) is 10. The maximum Gasteiger partial charge on any atom is 0.311 e. The van der Waals surface area contributed by atoms with Crippen LogP contribution in [0.4, 0.5) is 0 Å². The molecule has 2 aliphatic heterocycles. The van der Waals surface area contributed by atoms with E-state index in [-0.39, 0.29) is 17.8 Å². The van der Waals surface area contributed by atoms with Crippen LogP contribution in [-0.2, 0) is 21.4 Å². The van der Waals surface area contributed by atoms with Gasteiger partial charge in [0, 0.05) is 37.5 Å². The van der Waals surface area contributed by atoms with Crippen LogP contribution in [0.5, 0.6) is 11.5 Å². The van der Waals surface area contributed by atoms with E-state index in [1.54, 1.807) is 0 Å². The molecule has 1 aromatic rings. The van der Waals surface area contributed by atoms with E-state index in [0.29, 0.717) is 50.1 Å². The highest BCUT2D eigenvalue weighted by molar-refractivity contribution is 5.90. The van der Waals surface area contributed by atoms with E-state index in [0.717, 1.165) is 36.9 Å². The number of hydrogen-bond donors (Lipinski definition) is 1. The quantitative estimate of drug-likeness (QED) is 0.124. The molecule has 6 heteroatoms. The van der Waals surface area contributed by atoms with Gasteiger partial charge in [-0.15, -0.1) is 6.58 Å². The SMILES string of the molecule is C=CCN1CC[C@]23c4c5ccc(OC(=O)CCCCCCCCCCCCC)c4O[C@H]2C(=O)CC[C@@]3(O)[C@H]1C5. The normalized spacial score (nSPS) is 28.6. The van der Waals surface area contributed by atoms with Gasteiger partial charge >= 0.3 is 5.97 Å². The highest BCUT2D eigenvalue weighted by Gasteiger charge is 2.73. The third kappa shape index (κ3) is 5.08. The van der Waals surface area contributed by atoms with Crippen molar-refractivity contribution in [3.05, 3.63) is 35.9 Å². The molecule has 0 amide bonds. The van der Waals surface area contributed by atoms with Gasteiger partial charge in [-0.25, -0.2) is 0 Å². The second-order valence-electron chi connectivity index (χ2n) is 12.3. The number of esters is 1. The number of carbonyl (C=O) groups excluding carboxylic acids is 2. The van der Waals surface area contributed by atoms with Crippen LogP contribution >= 0.6 is 0 Å². The Balaban J connectivity index is 1.20. The number of piperidine rings is 1. The monoisotopic (exact) mass is 537 g/mol. The average molecular weight is 538 g/mol. The van der Waals surface area contributed by atoms with E-state index in [9.17, 15) is 14.7 Å². The zero-order chi connectivity index (χ0) is 27.5. The molecule has 2 aliphatic carbocycles. The fourth-order valence-corrected chi connectivity index (χ4v) is 7.97. The molecule has 1 spiro atoms. The minimum atomic E-state index is -1.05. The zero-order valence-corrected chi connectivity index (χ0v) is 23.8. The van der Waals surface area contributed by atoms with E-state index in [4.69, 9.17) is 9.47 Å². The Morgan fingerprint density at radius 2 is 1.79 bits per heavy atom. The largest absolute Gasteiger partial charge is 0.477 e. The lowest BCUT2D eigenvalue weighted by molar-refractivity contribution is -0.187. The van der Waals surface area contributed by atoms with Gasteiger partial charge in [0.15, 0.2) is 23.4 Å². The van der Waals surface area contributed by atoms with Crippen molar-refractivity contribution in [2.24, 2.45) is 0 Å². The van der Waals surface area contributed by atoms with E-state index in [1.165, 1.54) is 51.4 Å². The number of ketones is 1. The molecule has 2 bridgehead atoms. The number of likely N-dealkylation sites (tertiary alicyclic amines) is 1. The smallest absolute Gasteiger partial charge is 0.311 e. The highest BCUT2D eigenvalue weighted by Crippen LogP contribution is 2.64. The maximum absolute atomic E-state index is 13.2. The van der Waals surface area contributed by atoms with Crippen molar-refractivity contribution in [2.45, 2.75) is 133 Å². The molecule has 1 aromatic carbocycles. The predicted molar refractivity (Wildman–Crippen MR) is 152 cm³/mol. The van der Waals surface area contributed by atoms with E-state index >= 15 is 0 Å². The molecule has 1 saturated carbocycles. The lowest BCUT2D eigenvalue weighted by atomic mass is 9.49. The fraction of sp³-hybridized carbons (Fsp3) is 0.697. The van der Waals surface area contributed by atoms with Gasteiger partial charge in [-0.05, 0) is 37.3 Å². The van der Waals surface area contributed by atoms with Gasteiger partial charge in [-0.3, -0.25) is 14.5 Å². The lowest BCUT2D eigenvalue weighted by Gasteiger charge is -2.62. The van der Waals surface area contributed by atoms with Gasteiger partial charge in [-0.2, -0.15) is 0 Å². The number of hydrogen-bond acceptors (Lipinski definition) is 6. The molecular formula is C33H47NO5. The summed E-state index contributed by atoms with van der Waals surface area (Å²) in [4.78, 5) is 28.3. The maximum atomic E-state index is 13.2. The van der Waals surface area contributed by atoms with Gasteiger partial charge in [0.25, 0.3) is 0 Å². The molecule has 0 aromatic heterocycles. The van der Waals surface area contributed by atoms with Crippen molar-refractivity contribution in [1.29, 1.82) is 0 Å². The summed E-state index contributed by atoms with van der Waals surface area (Å²) in [7, 11) is 0. The summed E-state index contributed by atoms with van der Waals surface area (Å²) in [5.41, 5.74) is 0.184. The third-order valence-electron chi connectivity index (χ3n) is 9.93. The summed E-state index contributed by atoms with van der Waals surface area (Å²) >= 11 is 0. The molecule has 0 unspecified atom stereocenters. The van der Waals surface area contributed by atoms with Crippen molar-refractivity contribution in [3.8, 4) is 11.5 Å². The zero-order valence-electron chi connectivity index (χ0n) is 23.8. The van der Waals surface area contributed by atoms with E-state index < -0.39 is 17.1 Å². The minimum absolute atomic E-state index is 0.0397. The first kappa shape index (κ1) is 28.4. The molecule has 39 heavy (non-hydrogen) atoms. The lowest BCUT2D eigenvalue weighted by Crippen LogP contribution is -2.76. The Labute approximate surface area is 234 Å². The third-order valence-corrected chi connectivity index (χ3v) is 9.93. The number of rotatable bonds is 15. The van der Waals surface area contributed by atoms with Gasteiger partial charge in [0.1, 0.15) is 0 Å². The fourth-order valence-electron chi connectivity index (χ4n) is 7.97. The van der Waals surface area contributed by atoms with Crippen LogP contribution < -0.4 is 9.47 Å². The van der Waals surface area contributed by atoms with Crippen LogP contribution in [0.25, 0.3) is 0 Å². The molecule has 1 N–H and O–H groups in total. The van der Waals surface area contributed by atoms with Crippen LogP contribution in [0, 0.1) is 0 Å². The van der Waals surface area contributed by atoms with Gasteiger partial charge in [0.05, 0.1) is 11.0 Å². The first-order chi connectivity index (χ1) is 19.0. The second kappa shape index (κ2) is 12.1. The summed E-state index contributed by atoms with van der Waals surface area (Å²) in [5, 5.41) is 12.3. The Hall–Kier alpha value is -2.18. The average Bonchev–Trinajstić information content (AvgIpc) is 3.28. The second-order valence-corrected chi connectivity index (χ2v) is 12.3. The summed E-state index contributed by atoms with van der Waals surface area (Å²) in [5.74, 6) is 0.689. The van der Waals surface area contributed by atoms with Crippen LogP contribution in [0.15, 0.2) is 24.8 Å². The molecular weight excluding hydrogens is 490 g/mol. The van der Waals surface area contributed by atoms with Crippen LogP contribution in [0.3, 0.4) is 0 Å². The number of benzene rings is 1. The van der Waals surface area contributed by atoms with Crippen molar-refractivity contribution in [2.75, 3.05) is 13.1 Å². The van der Waals surface area contributed by atoms with Crippen LogP contribution in [0.1, 0.15) is 114 Å². The summed E-state index contributed by atoms with van der Waals surface area (Å²) in [6, 6.07) is 3.75. The first-order valence-corrected chi connectivity index (χ1v) is 15.6. The van der Waals surface area contributed by atoms with Crippen molar-refractivity contribution in [3.63, 3.8) is 0 Å². The Bertz CT molecular complexity index is 1070. The van der Waals surface area contributed by atoms with Crippen molar-refractivity contribution < 1.29 is 24.2 Å². The topological polar surface area (TPSA) is 76.1 Å². The standard InChI is InChI=1S/C33H47NO5/c1-3-5-6-7-8-9-10-11-12-13-14-15-28(36)38-26-17-16-24-23-27-33(37)19-18-25(35)31-32(33,29(24)30(26)39-31)20-22-34(27)21-4-2/h4,16-17,27,31,37H,2-3,5-15,18-23H2,1H3/t27-,31+,32+,33-/m1/s1. The molecule has 214 valence electrons. The molecule has 0 radical (unpaired) electrons. The highest BCUT2D eigenvalue weighted by atomic mass is 16.6. The summed E-state index contributed by atoms with van der Waals surface area (Å²) < 4.78 is 12.2. The predicted octanol–water partition coefficient (Wildman–Crippen LogP) is 6.20. The van der Waals surface area contributed by atoms with Crippen LogP contribution in [-0.4, -0.2) is 52.6 Å². The Morgan fingerprint density at radius 3 is 2.49 bits per heavy atom. The molecule has 2 heterocycles. The van der Waals surface area contributed by atoms with Crippen LogP contribution in [0.2, 0.25) is 0 Å². The molecule has 1 saturated heterocycles. The molecule has 2 fully saturated rings. The molecule has 4 atom stereocenters. The Kier molecular flexibility index (Phi) is 8.82. The van der Waals surface area contributed by atoms with E-state index in [1.807, 2.05) is 18.2 Å². The number of carbonyl (C=O) groups is 2. The number of ether oxygens (including phenoxy) is 2. The van der Waals surface area contributed by atoms with Gasteiger partial charge < -0.3 is 14.6 Å². The van der Waals surface area contributed by atoms with Crippen molar-refractivity contribution in [1.82, 2.24) is 4.90 Å². The number of Topliss-reactive ketones (excluding diaryl/α,β-unsaturated/α-hetero) is 1. The minimum Gasteiger partial charge on any atom is -0.477 e. The number of nitrogens with zero attached hydrogens (tertiary/aromatic N) is 1. The molecule has 4 aliphatic rings. The summed E-state index contributed by atoms with van der Waals surface area (Å²) in [6.45, 7) is 7.64. The van der Waals surface area contributed by atoms with Crippen molar-refractivity contribution >= 4 is 11.8 Å². The summed E-state index contributed by atoms with van der Waals surface area (Å²) in [6.07, 6.45) is 17.2.